The average Bonchev–Trinajstić information content (AvgIpc) is 3.36. The lowest BCUT2D eigenvalue weighted by molar-refractivity contribution is 0.0745. The van der Waals surface area contributed by atoms with E-state index in [1.807, 2.05) is 23.1 Å². The zero-order chi connectivity index (χ0) is 24.4. The molecule has 1 aromatic heterocycles. The number of aromatic nitrogens is 1. The molecule has 8 nitrogen and oxygen atoms in total. The van der Waals surface area contributed by atoms with Crippen LogP contribution in [0.2, 0.25) is 5.02 Å². The van der Waals surface area contributed by atoms with Crippen molar-refractivity contribution >= 4 is 29.2 Å². The number of anilines is 1. The van der Waals surface area contributed by atoms with E-state index in [2.05, 4.69) is 10.3 Å². The summed E-state index contributed by atoms with van der Waals surface area (Å²) in [5.41, 5.74) is 1.47. The second-order valence-electron chi connectivity index (χ2n) is 8.15. The van der Waals surface area contributed by atoms with Crippen LogP contribution in [0.3, 0.4) is 0 Å². The van der Waals surface area contributed by atoms with Crippen molar-refractivity contribution in [2.24, 2.45) is 0 Å². The number of carbonyl (C=O) groups excluding carboxylic acids is 2. The van der Waals surface area contributed by atoms with Gasteiger partial charge in [-0.05, 0) is 48.0 Å². The molecule has 35 heavy (non-hydrogen) atoms. The van der Waals surface area contributed by atoms with Crippen LogP contribution < -0.4 is 19.7 Å². The molecule has 2 aromatic carbocycles. The highest BCUT2D eigenvalue weighted by molar-refractivity contribution is 6.33. The van der Waals surface area contributed by atoms with E-state index in [-0.39, 0.29) is 29.2 Å². The van der Waals surface area contributed by atoms with E-state index < -0.39 is 5.82 Å². The zero-order valence-corrected chi connectivity index (χ0v) is 19.4. The number of benzene rings is 2. The van der Waals surface area contributed by atoms with Crippen molar-refractivity contribution in [1.82, 2.24) is 15.2 Å². The van der Waals surface area contributed by atoms with Gasteiger partial charge in [-0.1, -0.05) is 17.7 Å². The first-order chi connectivity index (χ1) is 17.0. The maximum absolute atomic E-state index is 13.6. The topological polar surface area (TPSA) is 84.0 Å². The van der Waals surface area contributed by atoms with Gasteiger partial charge in [-0.3, -0.25) is 9.59 Å². The smallest absolute Gasteiger partial charge is 0.255 e. The van der Waals surface area contributed by atoms with Crippen LogP contribution in [-0.2, 0) is 6.54 Å². The Hall–Kier alpha value is -3.85. The van der Waals surface area contributed by atoms with E-state index in [1.165, 1.54) is 12.1 Å². The molecule has 1 saturated heterocycles. The van der Waals surface area contributed by atoms with Crippen LogP contribution in [0.4, 0.5) is 10.2 Å². The standard InChI is InChI=1S/C25H22ClFN4O4/c26-20-5-4-17(27)13-19(20)25(33)31-10-8-30(9-11-31)23-18(2-1-7-28-23)24(32)29-14-16-3-6-21-22(12-16)35-15-34-21/h1-7,12-13H,8-11,14-15H2,(H,29,32). The summed E-state index contributed by atoms with van der Waals surface area (Å²) in [6.45, 7) is 2.23. The lowest BCUT2D eigenvalue weighted by Crippen LogP contribution is -2.49. The predicted octanol–water partition coefficient (Wildman–Crippen LogP) is 3.50. The molecule has 2 amide bonds. The van der Waals surface area contributed by atoms with E-state index >= 15 is 0 Å². The Morgan fingerprint density at radius 1 is 1.00 bits per heavy atom. The summed E-state index contributed by atoms with van der Waals surface area (Å²) < 4.78 is 24.3. The minimum atomic E-state index is -0.513. The summed E-state index contributed by atoms with van der Waals surface area (Å²) in [5.74, 6) is 0.804. The van der Waals surface area contributed by atoms with Crippen molar-refractivity contribution in [3.8, 4) is 11.5 Å². The van der Waals surface area contributed by atoms with Crippen LogP contribution in [0, 0.1) is 5.82 Å². The second kappa shape index (κ2) is 9.79. The molecule has 0 aliphatic carbocycles. The van der Waals surface area contributed by atoms with Gasteiger partial charge in [0, 0.05) is 38.9 Å². The number of carbonyl (C=O) groups is 2. The van der Waals surface area contributed by atoms with Gasteiger partial charge in [0.05, 0.1) is 16.1 Å². The first-order valence-electron chi connectivity index (χ1n) is 11.1. The number of piperazine rings is 1. The van der Waals surface area contributed by atoms with Crippen LogP contribution in [0.25, 0.3) is 0 Å². The maximum Gasteiger partial charge on any atom is 0.255 e. The molecule has 10 heteroatoms. The number of ether oxygens (including phenoxy) is 2. The largest absolute Gasteiger partial charge is 0.454 e. The van der Waals surface area contributed by atoms with Gasteiger partial charge in [0.2, 0.25) is 6.79 Å². The molecule has 0 radical (unpaired) electrons. The molecule has 2 aliphatic heterocycles. The van der Waals surface area contributed by atoms with Crippen molar-refractivity contribution in [2.45, 2.75) is 6.54 Å². The Labute approximate surface area is 206 Å². The number of fused-ring (bicyclic) bond motifs is 1. The predicted molar refractivity (Wildman–Crippen MR) is 127 cm³/mol. The Morgan fingerprint density at radius 3 is 2.63 bits per heavy atom. The third-order valence-corrected chi connectivity index (χ3v) is 6.28. The molecular weight excluding hydrogens is 475 g/mol. The lowest BCUT2D eigenvalue weighted by atomic mass is 10.1. The number of nitrogens with one attached hydrogen (secondary N) is 1. The molecule has 3 aromatic rings. The fourth-order valence-electron chi connectivity index (χ4n) is 4.11. The van der Waals surface area contributed by atoms with Gasteiger partial charge in [-0.25, -0.2) is 9.37 Å². The van der Waals surface area contributed by atoms with E-state index in [0.29, 0.717) is 55.6 Å². The van der Waals surface area contributed by atoms with Gasteiger partial charge >= 0.3 is 0 Å². The molecule has 0 bridgehead atoms. The fourth-order valence-corrected chi connectivity index (χ4v) is 4.31. The molecule has 0 atom stereocenters. The number of rotatable bonds is 5. The highest BCUT2D eigenvalue weighted by Gasteiger charge is 2.27. The zero-order valence-electron chi connectivity index (χ0n) is 18.7. The molecule has 1 fully saturated rings. The van der Waals surface area contributed by atoms with E-state index in [1.54, 1.807) is 23.2 Å². The van der Waals surface area contributed by atoms with Gasteiger partial charge in [0.1, 0.15) is 11.6 Å². The molecule has 180 valence electrons. The molecule has 5 rings (SSSR count). The SMILES string of the molecule is O=C(NCc1ccc2c(c1)OCO2)c1cccnc1N1CCN(C(=O)c2cc(F)ccc2Cl)CC1. The molecule has 0 unspecified atom stereocenters. The Balaban J connectivity index is 1.23. The number of halogens is 2. The highest BCUT2D eigenvalue weighted by atomic mass is 35.5. The number of nitrogens with zero attached hydrogens (tertiary/aromatic N) is 3. The number of hydrogen-bond donors (Lipinski definition) is 1. The number of amides is 2. The van der Waals surface area contributed by atoms with Gasteiger partial charge < -0.3 is 24.6 Å². The van der Waals surface area contributed by atoms with Crippen LogP contribution in [0.5, 0.6) is 11.5 Å². The number of hydrogen-bond acceptors (Lipinski definition) is 6. The summed E-state index contributed by atoms with van der Waals surface area (Å²) >= 11 is 6.10. The number of pyridine rings is 1. The average molecular weight is 497 g/mol. The third kappa shape index (κ3) is 4.85. The Bertz CT molecular complexity index is 1280. The van der Waals surface area contributed by atoms with E-state index in [4.69, 9.17) is 21.1 Å². The molecule has 1 N–H and O–H groups in total. The van der Waals surface area contributed by atoms with Gasteiger partial charge in [0.15, 0.2) is 11.5 Å². The molecular formula is C25H22ClFN4O4. The van der Waals surface area contributed by atoms with E-state index in [9.17, 15) is 14.0 Å². The fraction of sp³-hybridized carbons (Fsp3) is 0.240. The molecule has 0 spiro atoms. The van der Waals surface area contributed by atoms with Gasteiger partial charge in [-0.15, -0.1) is 0 Å². The van der Waals surface area contributed by atoms with Crippen molar-refractivity contribution in [3.63, 3.8) is 0 Å². The quantitative estimate of drug-likeness (QED) is 0.582. The summed E-state index contributed by atoms with van der Waals surface area (Å²) in [4.78, 5) is 33.9. The van der Waals surface area contributed by atoms with Crippen LogP contribution in [0.1, 0.15) is 26.3 Å². The normalized spacial score (nSPS) is 14.7. The molecule has 0 saturated carbocycles. The summed E-state index contributed by atoms with van der Waals surface area (Å²) in [6, 6.07) is 12.7. The van der Waals surface area contributed by atoms with Crippen molar-refractivity contribution < 1.29 is 23.5 Å². The Morgan fingerprint density at radius 2 is 1.80 bits per heavy atom. The van der Waals surface area contributed by atoms with E-state index in [0.717, 1.165) is 11.6 Å². The van der Waals surface area contributed by atoms with Crippen LogP contribution in [-0.4, -0.2) is 54.7 Å². The first-order valence-corrected chi connectivity index (χ1v) is 11.5. The summed E-state index contributed by atoms with van der Waals surface area (Å²) in [7, 11) is 0. The van der Waals surface area contributed by atoms with Crippen molar-refractivity contribution in [1.29, 1.82) is 0 Å². The first kappa shape index (κ1) is 22.9. The minimum Gasteiger partial charge on any atom is -0.454 e. The van der Waals surface area contributed by atoms with Crippen LogP contribution >= 0.6 is 11.6 Å². The van der Waals surface area contributed by atoms with Crippen LogP contribution in [0.15, 0.2) is 54.7 Å². The van der Waals surface area contributed by atoms with Gasteiger partial charge in [-0.2, -0.15) is 0 Å². The summed E-state index contributed by atoms with van der Waals surface area (Å²) in [6.07, 6.45) is 1.63. The summed E-state index contributed by atoms with van der Waals surface area (Å²) in [5, 5.41) is 3.14. The third-order valence-electron chi connectivity index (χ3n) is 5.95. The molecule has 2 aliphatic rings. The van der Waals surface area contributed by atoms with Gasteiger partial charge in [0.25, 0.3) is 11.8 Å². The monoisotopic (exact) mass is 496 g/mol. The van der Waals surface area contributed by atoms with Crippen molar-refractivity contribution in [2.75, 3.05) is 37.9 Å². The second-order valence-corrected chi connectivity index (χ2v) is 8.56. The lowest BCUT2D eigenvalue weighted by Gasteiger charge is -2.36. The minimum absolute atomic E-state index is 0.140. The van der Waals surface area contributed by atoms with Crippen molar-refractivity contribution in [3.05, 3.63) is 82.3 Å². The molecule has 3 heterocycles. The maximum atomic E-state index is 13.6. The Kier molecular flexibility index (Phi) is 6.41. The highest BCUT2D eigenvalue weighted by Crippen LogP contribution is 2.32.